The summed E-state index contributed by atoms with van der Waals surface area (Å²) in [7, 11) is 4.62. The molecule has 1 heterocycles. The zero-order valence-corrected chi connectivity index (χ0v) is 21.0. The molecule has 6 heteroatoms. The monoisotopic (exact) mass is 492 g/mol. The number of benzene rings is 4. The Morgan fingerprint density at radius 1 is 0.784 bits per heavy atom. The molecule has 186 valence electrons. The fourth-order valence-corrected chi connectivity index (χ4v) is 4.76. The van der Waals surface area contributed by atoms with Crippen LogP contribution in [0.25, 0.3) is 0 Å². The number of aliphatic imine (C=N–C) groups is 1. The number of rotatable bonds is 8. The Bertz CT molecular complexity index is 1380. The van der Waals surface area contributed by atoms with Crippen LogP contribution in [0, 0.1) is 0 Å². The zero-order valence-electron chi connectivity index (χ0n) is 21.0. The Hall–Kier alpha value is -4.58. The van der Waals surface area contributed by atoms with Gasteiger partial charge in [-0.3, -0.25) is 9.79 Å². The molecule has 0 bridgehead atoms. The van der Waals surface area contributed by atoms with Gasteiger partial charge in [0.2, 0.25) is 5.75 Å². The number of nitrogens with one attached hydrogen (secondary N) is 1. The molecule has 4 aromatic rings. The van der Waals surface area contributed by atoms with Crippen molar-refractivity contribution in [2.45, 2.75) is 12.3 Å². The van der Waals surface area contributed by atoms with Gasteiger partial charge in [-0.25, -0.2) is 0 Å². The molecule has 4 aromatic carbocycles. The van der Waals surface area contributed by atoms with E-state index in [0.29, 0.717) is 34.9 Å². The van der Waals surface area contributed by atoms with E-state index in [4.69, 9.17) is 19.2 Å². The second-order valence-electron chi connectivity index (χ2n) is 8.75. The number of amides is 1. The molecule has 0 fully saturated rings. The van der Waals surface area contributed by atoms with E-state index in [1.807, 2.05) is 24.3 Å². The highest BCUT2D eigenvalue weighted by Gasteiger charge is 2.26. The summed E-state index contributed by atoms with van der Waals surface area (Å²) in [5.74, 6) is 1.23. The molecule has 0 radical (unpaired) electrons. The number of carbonyl (C=O) groups excluding carboxylic acids is 1. The van der Waals surface area contributed by atoms with E-state index < -0.39 is 0 Å². The Morgan fingerprint density at radius 3 is 1.92 bits per heavy atom. The minimum atomic E-state index is -0.229. The van der Waals surface area contributed by atoms with E-state index in [2.05, 4.69) is 53.8 Å². The second-order valence-corrected chi connectivity index (χ2v) is 8.75. The average Bonchev–Trinajstić information content (AvgIpc) is 3.36. The smallest absolute Gasteiger partial charge is 0.255 e. The molecule has 1 amide bonds. The van der Waals surface area contributed by atoms with Crippen LogP contribution in [0.5, 0.6) is 17.2 Å². The highest BCUT2D eigenvalue weighted by Crippen LogP contribution is 2.40. The third kappa shape index (κ3) is 4.91. The van der Waals surface area contributed by atoms with Crippen LogP contribution in [0.1, 0.15) is 33.0 Å². The third-order valence-electron chi connectivity index (χ3n) is 6.50. The number of ether oxygens (including phenoxy) is 3. The van der Waals surface area contributed by atoms with Crippen molar-refractivity contribution in [2.75, 3.05) is 26.6 Å². The van der Waals surface area contributed by atoms with Crippen molar-refractivity contribution in [3.8, 4) is 17.2 Å². The van der Waals surface area contributed by atoms with Crippen LogP contribution >= 0.6 is 0 Å². The van der Waals surface area contributed by atoms with Gasteiger partial charge in [-0.1, -0.05) is 60.7 Å². The summed E-state index contributed by atoms with van der Waals surface area (Å²) in [4.78, 5) is 18.2. The summed E-state index contributed by atoms with van der Waals surface area (Å²) < 4.78 is 16.2. The van der Waals surface area contributed by atoms with Crippen molar-refractivity contribution >= 4 is 23.0 Å². The third-order valence-corrected chi connectivity index (χ3v) is 6.50. The molecule has 0 unspecified atom stereocenters. The highest BCUT2D eigenvalue weighted by molar-refractivity contribution is 6.06. The Labute approximate surface area is 216 Å². The number of hydrogen-bond donors (Lipinski definition) is 1. The Kier molecular flexibility index (Phi) is 6.90. The predicted molar refractivity (Wildman–Crippen MR) is 146 cm³/mol. The quantitative estimate of drug-likeness (QED) is 0.308. The van der Waals surface area contributed by atoms with Crippen LogP contribution in [-0.4, -0.2) is 32.9 Å². The Balaban J connectivity index is 1.40. The molecule has 0 aromatic heterocycles. The summed E-state index contributed by atoms with van der Waals surface area (Å²) in [5.41, 5.74) is 6.49. The molecule has 0 spiro atoms. The van der Waals surface area contributed by atoms with E-state index in [-0.39, 0.29) is 11.8 Å². The van der Waals surface area contributed by atoms with Crippen molar-refractivity contribution < 1.29 is 19.0 Å². The number of nitrogens with zero attached hydrogens (tertiary/aromatic N) is 1. The SMILES string of the molecule is COc1cc(NC(=O)c2ccc3c(c2)CC(C(c2ccccc2)c2ccccc2)=N3)cc(OC)c1OC. The summed E-state index contributed by atoms with van der Waals surface area (Å²) in [6.07, 6.45) is 0.676. The van der Waals surface area contributed by atoms with E-state index in [9.17, 15) is 4.79 Å². The lowest BCUT2D eigenvalue weighted by Gasteiger charge is -2.18. The lowest BCUT2D eigenvalue weighted by Crippen LogP contribution is -2.15. The number of hydrogen-bond acceptors (Lipinski definition) is 5. The summed E-state index contributed by atoms with van der Waals surface area (Å²) in [5, 5.41) is 2.94. The van der Waals surface area contributed by atoms with Gasteiger partial charge in [0.25, 0.3) is 5.91 Å². The maximum Gasteiger partial charge on any atom is 0.255 e. The molecule has 6 nitrogen and oxygen atoms in total. The molecule has 0 atom stereocenters. The van der Waals surface area contributed by atoms with Crippen LogP contribution in [-0.2, 0) is 6.42 Å². The topological polar surface area (TPSA) is 69.2 Å². The van der Waals surface area contributed by atoms with Gasteiger partial charge in [-0.2, -0.15) is 0 Å². The number of carbonyl (C=O) groups is 1. The minimum absolute atomic E-state index is 0.0475. The molecular formula is C31H28N2O4. The molecule has 1 aliphatic heterocycles. The predicted octanol–water partition coefficient (Wildman–Crippen LogP) is 6.43. The second kappa shape index (κ2) is 10.6. The first-order chi connectivity index (χ1) is 18.1. The van der Waals surface area contributed by atoms with Crippen LogP contribution in [0.3, 0.4) is 0 Å². The molecule has 1 aliphatic rings. The summed E-state index contributed by atoms with van der Waals surface area (Å²) >= 11 is 0. The van der Waals surface area contributed by atoms with E-state index in [0.717, 1.165) is 17.0 Å². The van der Waals surface area contributed by atoms with E-state index >= 15 is 0 Å². The zero-order chi connectivity index (χ0) is 25.8. The lowest BCUT2D eigenvalue weighted by atomic mass is 9.85. The van der Waals surface area contributed by atoms with Gasteiger partial charge in [0.15, 0.2) is 11.5 Å². The standard InChI is InChI=1S/C31H28N2O4/c1-35-27-18-24(19-28(36-2)30(27)37-3)32-31(34)22-14-15-25-23(16-22)17-26(33-25)29(20-10-6-4-7-11-20)21-12-8-5-9-13-21/h4-16,18-19,29H,17H2,1-3H3,(H,32,34). The minimum Gasteiger partial charge on any atom is -0.493 e. The highest BCUT2D eigenvalue weighted by atomic mass is 16.5. The van der Waals surface area contributed by atoms with E-state index in [1.54, 1.807) is 39.5 Å². The van der Waals surface area contributed by atoms with Gasteiger partial charge in [0, 0.05) is 41.4 Å². The average molecular weight is 493 g/mol. The molecule has 5 rings (SSSR count). The molecule has 0 saturated heterocycles. The van der Waals surface area contributed by atoms with Crippen molar-refractivity contribution in [1.29, 1.82) is 0 Å². The number of fused-ring (bicyclic) bond motifs is 1. The van der Waals surface area contributed by atoms with Crippen LogP contribution in [0.4, 0.5) is 11.4 Å². The van der Waals surface area contributed by atoms with Gasteiger partial charge >= 0.3 is 0 Å². The van der Waals surface area contributed by atoms with Crippen molar-refractivity contribution in [1.82, 2.24) is 0 Å². The maximum atomic E-state index is 13.2. The fraction of sp³-hybridized carbons (Fsp3) is 0.161. The van der Waals surface area contributed by atoms with Gasteiger partial charge in [0.05, 0.1) is 27.0 Å². The van der Waals surface area contributed by atoms with Crippen molar-refractivity contribution in [3.63, 3.8) is 0 Å². The van der Waals surface area contributed by atoms with Crippen molar-refractivity contribution in [3.05, 3.63) is 113 Å². The summed E-state index contributed by atoms with van der Waals surface area (Å²) in [6, 6.07) is 29.9. The van der Waals surface area contributed by atoms with Gasteiger partial charge in [-0.15, -0.1) is 0 Å². The molecule has 0 aliphatic carbocycles. The summed E-state index contributed by atoms with van der Waals surface area (Å²) in [6.45, 7) is 0. The van der Waals surface area contributed by atoms with E-state index in [1.165, 1.54) is 11.1 Å². The first-order valence-electron chi connectivity index (χ1n) is 12.0. The van der Waals surface area contributed by atoms with Crippen molar-refractivity contribution in [2.24, 2.45) is 4.99 Å². The lowest BCUT2D eigenvalue weighted by molar-refractivity contribution is 0.102. The first-order valence-corrected chi connectivity index (χ1v) is 12.0. The van der Waals surface area contributed by atoms with Gasteiger partial charge < -0.3 is 19.5 Å². The Morgan fingerprint density at radius 2 is 1.38 bits per heavy atom. The largest absolute Gasteiger partial charge is 0.493 e. The van der Waals surface area contributed by atoms with Crippen LogP contribution < -0.4 is 19.5 Å². The molecule has 37 heavy (non-hydrogen) atoms. The van der Waals surface area contributed by atoms with Crippen LogP contribution in [0.2, 0.25) is 0 Å². The maximum absolute atomic E-state index is 13.2. The number of methoxy groups -OCH3 is 3. The van der Waals surface area contributed by atoms with Gasteiger partial charge in [0.1, 0.15) is 0 Å². The number of anilines is 1. The molecular weight excluding hydrogens is 464 g/mol. The first kappa shape index (κ1) is 24.1. The fourth-order valence-electron chi connectivity index (χ4n) is 4.76. The van der Waals surface area contributed by atoms with Crippen LogP contribution in [0.15, 0.2) is 96.0 Å². The normalized spacial score (nSPS) is 12.1. The molecule has 0 saturated carbocycles. The van der Waals surface area contributed by atoms with Gasteiger partial charge in [-0.05, 0) is 34.9 Å². The molecule has 1 N–H and O–H groups in total.